The summed E-state index contributed by atoms with van der Waals surface area (Å²) in [6.45, 7) is 5.19. The maximum atomic E-state index is 11.5. The van der Waals surface area contributed by atoms with E-state index in [4.69, 9.17) is 4.74 Å². The van der Waals surface area contributed by atoms with Crippen molar-refractivity contribution in [1.82, 2.24) is 4.57 Å². The van der Waals surface area contributed by atoms with Crippen molar-refractivity contribution in [2.45, 2.75) is 26.8 Å². The fourth-order valence-electron chi connectivity index (χ4n) is 1.85. The normalized spacial score (nSPS) is 12.3. The lowest BCUT2D eigenvalue weighted by atomic mass is 10.2. The molecule has 4 nitrogen and oxygen atoms in total. The third kappa shape index (κ3) is 3.11. The first-order valence-electron chi connectivity index (χ1n) is 6.32. The quantitative estimate of drug-likeness (QED) is 0.862. The Labute approximate surface area is 116 Å². The SMILES string of the molecule is CCC(=O)N=c1sc2cc(C)ccc2n1CCOC. The van der Waals surface area contributed by atoms with Crippen LogP contribution in [0.3, 0.4) is 0 Å². The minimum atomic E-state index is -0.0885. The van der Waals surface area contributed by atoms with Crippen LogP contribution in [0, 0.1) is 6.92 Å². The number of aromatic nitrogens is 1. The molecule has 0 fully saturated rings. The van der Waals surface area contributed by atoms with Crippen LogP contribution in [0.2, 0.25) is 0 Å². The van der Waals surface area contributed by atoms with Crippen molar-refractivity contribution in [3.63, 3.8) is 0 Å². The van der Waals surface area contributed by atoms with Crippen molar-refractivity contribution < 1.29 is 9.53 Å². The van der Waals surface area contributed by atoms with Gasteiger partial charge in [0.1, 0.15) is 0 Å². The summed E-state index contributed by atoms with van der Waals surface area (Å²) >= 11 is 1.55. The van der Waals surface area contributed by atoms with Crippen LogP contribution in [0.4, 0.5) is 0 Å². The van der Waals surface area contributed by atoms with Crippen molar-refractivity contribution in [3.8, 4) is 0 Å². The van der Waals surface area contributed by atoms with Gasteiger partial charge < -0.3 is 9.30 Å². The molecule has 2 rings (SSSR count). The second kappa shape index (κ2) is 6.12. The van der Waals surface area contributed by atoms with E-state index in [2.05, 4.69) is 34.7 Å². The maximum Gasteiger partial charge on any atom is 0.248 e. The minimum Gasteiger partial charge on any atom is -0.383 e. The van der Waals surface area contributed by atoms with Crippen molar-refractivity contribution in [2.24, 2.45) is 4.99 Å². The lowest BCUT2D eigenvalue weighted by Gasteiger charge is -2.04. The van der Waals surface area contributed by atoms with Gasteiger partial charge in [0.2, 0.25) is 5.91 Å². The van der Waals surface area contributed by atoms with Gasteiger partial charge in [0.15, 0.2) is 4.80 Å². The van der Waals surface area contributed by atoms with Crippen LogP contribution in [-0.4, -0.2) is 24.2 Å². The Morgan fingerprint density at radius 3 is 2.95 bits per heavy atom. The molecular formula is C14H18N2O2S. The lowest BCUT2D eigenvalue weighted by molar-refractivity contribution is -0.117. The summed E-state index contributed by atoms with van der Waals surface area (Å²) in [4.78, 5) is 16.5. The number of amides is 1. The van der Waals surface area contributed by atoms with Crippen LogP contribution in [-0.2, 0) is 16.1 Å². The predicted octanol–water partition coefficient (Wildman–Crippen LogP) is 2.49. The number of aryl methyl sites for hydroxylation is 1. The monoisotopic (exact) mass is 278 g/mol. The lowest BCUT2D eigenvalue weighted by Crippen LogP contribution is -2.19. The van der Waals surface area contributed by atoms with Gasteiger partial charge in [-0.15, -0.1) is 0 Å². The largest absolute Gasteiger partial charge is 0.383 e. The van der Waals surface area contributed by atoms with E-state index in [1.165, 1.54) is 5.56 Å². The van der Waals surface area contributed by atoms with Gasteiger partial charge in [0.05, 0.1) is 16.8 Å². The van der Waals surface area contributed by atoms with Crippen LogP contribution in [0.5, 0.6) is 0 Å². The standard InChI is InChI=1S/C14H18N2O2S/c1-4-13(17)15-14-16(7-8-18-3)11-6-5-10(2)9-12(11)19-14/h5-6,9H,4,7-8H2,1-3H3. The Kier molecular flexibility index (Phi) is 4.50. The highest BCUT2D eigenvalue weighted by Gasteiger charge is 2.07. The molecule has 0 radical (unpaired) electrons. The van der Waals surface area contributed by atoms with Crippen molar-refractivity contribution in [3.05, 3.63) is 28.6 Å². The van der Waals surface area contributed by atoms with Crippen molar-refractivity contribution in [1.29, 1.82) is 0 Å². The van der Waals surface area contributed by atoms with E-state index in [0.29, 0.717) is 19.6 Å². The van der Waals surface area contributed by atoms with E-state index >= 15 is 0 Å². The summed E-state index contributed by atoms with van der Waals surface area (Å²) in [6.07, 6.45) is 0.428. The molecule has 2 aromatic rings. The molecule has 0 saturated carbocycles. The molecular weight excluding hydrogens is 260 g/mol. The molecule has 1 aromatic heterocycles. The van der Waals surface area contributed by atoms with Crippen LogP contribution >= 0.6 is 11.3 Å². The summed E-state index contributed by atoms with van der Waals surface area (Å²) < 4.78 is 8.34. The number of benzene rings is 1. The fraction of sp³-hybridized carbons (Fsp3) is 0.429. The summed E-state index contributed by atoms with van der Waals surface area (Å²) in [5.41, 5.74) is 2.32. The molecule has 19 heavy (non-hydrogen) atoms. The molecule has 1 heterocycles. The minimum absolute atomic E-state index is 0.0885. The second-order valence-electron chi connectivity index (χ2n) is 4.36. The molecule has 1 amide bonds. The Hall–Kier alpha value is -1.46. The van der Waals surface area contributed by atoms with Gasteiger partial charge in [-0.2, -0.15) is 4.99 Å². The number of carbonyl (C=O) groups excluding carboxylic acids is 1. The second-order valence-corrected chi connectivity index (χ2v) is 5.37. The molecule has 102 valence electrons. The highest BCUT2D eigenvalue weighted by atomic mass is 32.1. The number of carbonyl (C=O) groups is 1. The average molecular weight is 278 g/mol. The van der Waals surface area contributed by atoms with E-state index < -0.39 is 0 Å². The zero-order chi connectivity index (χ0) is 13.8. The predicted molar refractivity (Wildman–Crippen MR) is 77.3 cm³/mol. The molecule has 1 aromatic carbocycles. The van der Waals surface area contributed by atoms with E-state index in [9.17, 15) is 4.79 Å². The zero-order valence-corrected chi connectivity index (χ0v) is 12.3. The van der Waals surface area contributed by atoms with E-state index in [1.54, 1.807) is 18.4 Å². The van der Waals surface area contributed by atoms with Gasteiger partial charge in [-0.25, -0.2) is 0 Å². The molecule has 0 aliphatic heterocycles. The summed E-state index contributed by atoms with van der Waals surface area (Å²) in [7, 11) is 1.67. The maximum absolute atomic E-state index is 11.5. The summed E-state index contributed by atoms with van der Waals surface area (Å²) in [5, 5.41) is 0. The molecule has 0 aliphatic rings. The number of nitrogens with zero attached hydrogens (tertiary/aromatic N) is 2. The number of rotatable bonds is 4. The Balaban J connectivity index is 2.60. The number of hydrogen-bond donors (Lipinski definition) is 0. The zero-order valence-electron chi connectivity index (χ0n) is 11.5. The first-order valence-corrected chi connectivity index (χ1v) is 7.14. The molecule has 0 N–H and O–H groups in total. The van der Waals surface area contributed by atoms with E-state index in [-0.39, 0.29) is 5.91 Å². The van der Waals surface area contributed by atoms with E-state index in [1.807, 2.05) is 6.92 Å². The van der Waals surface area contributed by atoms with Gasteiger partial charge in [0.25, 0.3) is 0 Å². The van der Waals surface area contributed by atoms with Crippen LogP contribution < -0.4 is 4.80 Å². The Bertz CT molecular complexity index is 655. The molecule has 0 bridgehead atoms. The molecule has 0 saturated heterocycles. The Morgan fingerprint density at radius 1 is 1.47 bits per heavy atom. The Morgan fingerprint density at radius 2 is 2.26 bits per heavy atom. The highest BCUT2D eigenvalue weighted by molar-refractivity contribution is 7.16. The summed E-state index contributed by atoms with van der Waals surface area (Å²) in [6, 6.07) is 6.27. The first-order chi connectivity index (χ1) is 9.15. The van der Waals surface area contributed by atoms with Gasteiger partial charge >= 0.3 is 0 Å². The number of ether oxygens (including phenoxy) is 1. The third-order valence-electron chi connectivity index (χ3n) is 2.88. The number of thiazole rings is 1. The summed E-state index contributed by atoms with van der Waals surface area (Å²) in [5.74, 6) is -0.0885. The smallest absolute Gasteiger partial charge is 0.248 e. The fourth-order valence-corrected chi connectivity index (χ4v) is 3.02. The van der Waals surface area contributed by atoms with Crippen LogP contribution in [0.25, 0.3) is 10.2 Å². The highest BCUT2D eigenvalue weighted by Crippen LogP contribution is 2.18. The van der Waals surface area contributed by atoms with E-state index in [0.717, 1.165) is 15.0 Å². The molecule has 0 unspecified atom stereocenters. The number of methoxy groups -OCH3 is 1. The number of hydrogen-bond acceptors (Lipinski definition) is 3. The molecule has 0 atom stereocenters. The van der Waals surface area contributed by atoms with Crippen LogP contribution in [0.15, 0.2) is 23.2 Å². The molecule has 0 aliphatic carbocycles. The molecule has 0 spiro atoms. The topological polar surface area (TPSA) is 43.6 Å². The van der Waals surface area contributed by atoms with Crippen molar-refractivity contribution >= 4 is 27.5 Å². The number of fused-ring (bicyclic) bond motifs is 1. The van der Waals surface area contributed by atoms with Gasteiger partial charge in [-0.05, 0) is 24.6 Å². The molecule has 5 heteroatoms. The van der Waals surface area contributed by atoms with Gasteiger partial charge in [0, 0.05) is 20.1 Å². The van der Waals surface area contributed by atoms with Crippen LogP contribution in [0.1, 0.15) is 18.9 Å². The first kappa shape index (κ1) is 14.0. The third-order valence-corrected chi connectivity index (χ3v) is 3.92. The van der Waals surface area contributed by atoms with Gasteiger partial charge in [-0.1, -0.05) is 24.3 Å². The van der Waals surface area contributed by atoms with Crippen molar-refractivity contribution in [2.75, 3.05) is 13.7 Å². The average Bonchev–Trinajstić information content (AvgIpc) is 2.72. The van der Waals surface area contributed by atoms with Gasteiger partial charge in [-0.3, -0.25) is 4.79 Å².